The van der Waals surface area contributed by atoms with Crippen LogP contribution in [0.2, 0.25) is 0 Å². The number of nitrogens with zero attached hydrogens (tertiary/aromatic N) is 9. The monoisotopic (exact) mass is 577 g/mol. The van der Waals surface area contributed by atoms with E-state index < -0.39 is 29.2 Å². The number of fused-ring (bicyclic) bond motifs is 2. The number of carbonyl (C=O) groups is 3. The summed E-state index contributed by atoms with van der Waals surface area (Å²) in [5.41, 5.74) is 6.32. The highest BCUT2D eigenvalue weighted by atomic mass is 32.2. The van der Waals surface area contributed by atoms with E-state index in [0.29, 0.717) is 22.0 Å². The minimum Gasteiger partial charge on any atom is -0.477 e. The smallest absolute Gasteiger partial charge is 0.352 e. The van der Waals surface area contributed by atoms with Crippen LogP contribution >= 0.6 is 35.1 Å². The van der Waals surface area contributed by atoms with Gasteiger partial charge in [-0.1, -0.05) is 5.16 Å². The summed E-state index contributed by atoms with van der Waals surface area (Å²) in [6, 6.07) is 2.45. The molecule has 0 saturated carbocycles. The molecule has 0 aromatic carbocycles. The fourth-order valence-corrected chi connectivity index (χ4v) is 6.32. The molecule has 3 aromatic heterocycles. The van der Waals surface area contributed by atoms with Gasteiger partial charge in [0.15, 0.2) is 10.8 Å². The molecule has 5 rings (SSSR count). The molecule has 0 radical (unpaired) electrons. The van der Waals surface area contributed by atoms with E-state index in [1.54, 1.807) is 26.0 Å². The molecule has 38 heavy (non-hydrogen) atoms. The van der Waals surface area contributed by atoms with Crippen molar-refractivity contribution in [3.8, 4) is 0 Å². The second-order valence-electron chi connectivity index (χ2n) is 8.16. The predicted octanol–water partition coefficient (Wildman–Crippen LogP) is -0.387. The average molecular weight is 578 g/mol. The van der Waals surface area contributed by atoms with Crippen LogP contribution in [0.4, 0.5) is 5.13 Å². The van der Waals surface area contributed by atoms with E-state index >= 15 is 0 Å². The number of aromatic nitrogens is 7. The number of aliphatic carboxylic acids is 1. The highest BCUT2D eigenvalue weighted by Gasteiger charge is 2.54. The molecule has 1 saturated heterocycles. The van der Waals surface area contributed by atoms with E-state index in [2.05, 4.69) is 40.5 Å². The lowest BCUT2D eigenvalue weighted by molar-refractivity contribution is -0.150. The van der Waals surface area contributed by atoms with Gasteiger partial charge in [-0.3, -0.25) is 14.5 Å². The number of oxime groups is 1. The standard InChI is InChI=1S/C19H19N11O5S3/c1-7(2)35-25-11(14-22-19(20)38-26-14)15(31)21-12-16(32)29-13(18(33)34)8(6-37-17(12)29)5-36-10-4-3-9-23-27-28-30(9)24-10/h3-4,7,12,17H,5-6H2,1-2H3,(H,21,31)(H,33,34)(H2,20,22,26)/b25-11-/t12?,17-/m1/s1. The summed E-state index contributed by atoms with van der Waals surface area (Å²) in [5, 5.41) is 31.8. The summed E-state index contributed by atoms with van der Waals surface area (Å²) in [6.07, 6.45) is -0.326. The van der Waals surface area contributed by atoms with Gasteiger partial charge < -0.3 is 21.0 Å². The molecule has 2 aliphatic rings. The number of hydrogen-bond acceptors (Lipinski definition) is 15. The Kier molecular flexibility index (Phi) is 7.13. The summed E-state index contributed by atoms with van der Waals surface area (Å²) in [6.45, 7) is 3.45. The minimum absolute atomic E-state index is 0.0375. The van der Waals surface area contributed by atoms with Gasteiger partial charge >= 0.3 is 5.97 Å². The Morgan fingerprint density at radius 1 is 1.39 bits per heavy atom. The molecule has 16 nitrogen and oxygen atoms in total. The molecule has 4 N–H and O–H groups in total. The molecule has 0 aliphatic carbocycles. The lowest BCUT2D eigenvalue weighted by Crippen LogP contribution is -2.71. The zero-order valence-electron chi connectivity index (χ0n) is 19.7. The first kappa shape index (κ1) is 25.8. The number of nitrogens with two attached hydrogens (primary N) is 1. The van der Waals surface area contributed by atoms with Gasteiger partial charge in [0, 0.05) is 23.0 Å². The molecule has 2 atom stereocenters. The molecule has 3 aromatic rings. The number of tetrazole rings is 1. The molecule has 2 amide bonds. The van der Waals surface area contributed by atoms with Gasteiger partial charge in [-0.15, -0.1) is 38.4 Å². The summed E-state index contributed by atoms with van der Waals surface area (Å²) in [7, 11) is 0. The number of carboxylic acid groups (broad SMARTS) is 1. The second-order valence-corrected chi connectivity index (χ2v) is 11.0. The normalized spacial score (nSPS) is 19.5. The lowest BCUT2D eigenvalue weighted by Gasteiger charge is -2.49. The molecule has 0 spiro atoms. The van der Waals surface area contributed by atoms with Crippen molar-refractivity contribution in [2.24, 2.45) is 5.16 Å². The van der Waals surface area contributed by atoms with Crippen molar-refractivity contribution < 1.29 is 24.3 Å². The highest BCUT2D eigenvalue weighted by Crippen LogP contribution is 2.41. The number of carbonyl (C=O) groups excluding carboxylic acids is 2. The van der Waals surface area contributed by atoms with Crippen LogP contribution in [0, 0.1) is 0 Å². The van der Waals surface area contributed by atoms with Gasteiger partial charge in [0.2, 0.25) is 11.5 Å². The maximum absolute atomic E-state index is 13.0. The van der Waals surface area contributed by atoms with E-state index in [9.17, 15) is 19.5 Å². The van der Waals surface area contributed by atoms with Gasteiger partial charge in [0.05, 0.1) is 0 Å². The summed E-state index contributed by atoms with van der Waals surface area (Å²) >= 11 is 3.52. The molecular weight excluding hydrogens is 558 g/mol. The van der Waals surface area contributed by atoms with Crippen LogP contribution in [0.1, 0.15) is 19.7 Å². The first-order chi connectivity index (χ1) is 18.2. The molecule has 5 heterocycles. The fraction of sp³-hybridized carbons (Fsp3) is 0.368. The Morgan fingerprint density at radius 2 is 2.21 bits per heavy atom. The fourth-order valence-electron chi connectivity index (χ4n) is 3.55. The Labute approximate surface area is 226 Å². The molecule has 2 aliphatic heterocycles. The van der Waals surface area contributed by atoms with Crippen LogP contribution in [-0.4, -0.2) is 97.1 Å². The third kappa shape index (κ3) is 4.98. The van der Waals surface area contributed by atoms with Crippen molar-refractivity contribution in [2.45, 2.75) is 36.4 Å². The zero-order chi connectivity index (χ0) is 27.0. The number of nitrogens with one attached hydrogen (secondary N) is 1. The number of thioether (sulfide) groups is 2. The molecule has 198 valence electrons. The number of carboxylic acids is 1. The Bertz CT molecular complexity index is 1490. The van der Waals surface area contributed by atoms with Crippen molar-refractivity contribution in [1.82, 2.24) is 44.8 Å². The molecule has 0 bridgehead atoms. The van der Waals surface area contributed by atoms with Crippen molar-refractivity contribution >= 4 is 69.3 Å². The van der Waals surface area contributed by atoms with Gasteiger partial charge in [-0.05, 0) is 42.0 Å². The third-order valence-electron chi connectivity index (χ3n) is 5.20. The topological polar surface area (TPSA) is 216 Å². The largest absolute Gasteiger partial charge is 0.477 e. The van der Waals surface area contributed by atoms with E-state index in [0.717, 1.165) is 11.5 Å². The molecule has 19 heteroatoms. The van der Waals surface area contributed by atoms with E-state index in [1.807, 2.05) is 0 Å². The third-order valence-corrected chi connectivity index (χ3v) is 8.09. The average Bonchev–Trinajstić information content (AvgIpc) is 3.53. The summed E-state index contributed by atoms with van der Waals surface area (Å²) < 4.78 is 5.27. The molecular formula is C19H19N11O5S3. The first-order valence-corrected chi connectivity index (χ1v) is 13.8. The zero-order valence-corrected chi connectivity index (χ0v) is 22.2. The number of anilines is 1. The van der Waals surface area contributed by atoms with E-state index in [4.69, 9.17) is 10.6 Å². The molecule has 1 unspecified atom stereocenters. The minimum atomic E-state index is -1.23. The Morgan fingerprint density at radius 3 is 2.92 bits per heavy atom. The SMILES string of the molecule is CC(C)O/N=C(\C(=O)NC1C(=O)N2C(C(=O)O)=C(CSc3ccc4nnnn4n3)CS[C@H]12)c1nsc(N)n1. The van der Waals surface area contributed by atoms with Gasteiger partial charge in [0.1, 0.15) is 28.2 Å². The summed E-state index contributed by atoms with van der Waals surface area (Å²) in [4.78, 5) is 48.6. The summed E-state index contributed by atoms with van der Waals surface area (Å²) in [5.74, 6) is -1.95. The molecule has 1 fully saturated rings. The lowest BCUT2D eigenvalue weighted by atomic mass is 10.0. The van der Waals surface area contributed by atoms with Crippen LogP contribution in [0.25, 0.3) is 5.65 Å². The number of hydrogen-bond donors (Lipinski definition) is 3. The van der Waals surface area contributed by atoms with Gasteiger partial charge in [0.25, 0.3) is 11.8 Å². The van der Waals surface area contributed by atoms with E-state index in [-0.39, 0.29) is 34.2 Å². The Hall–Kier alpha value is -3.84. The highest BCUT2D eigenvalue weighted by molar-refractivity contribution is 8.01. The predicted molar refractivity (Wildman–Crippen MR) is 136 cm³/mol. The maximum Gasteiger partial charge on any atom is 0.352 e. The first-order valence-electron chi connectivity index (χ1n) is 11.0. The van der Waals surface area contributed by atoms with Crippen LogP contribution in [0.15, 0.2) is 33.6 Å². The number of β-lactam (4-membered cyclic amide) rings is 1. The van der Waals surface area contributed by atoms with Crippen LogP contribution in [-0.2, 0) is 19.2 Å². The van der Waals surface area contributed by atoms with Crippen LogP contribution < -0.4 is 11.1 Å². The maximum atomic E-state index is 13.0. The van der Waals surface area contributed by atoms with Gasteiger partial charge in [-0.2, -0.15) is 9.36 Å². The van der Waals surface area contributed by atoms with Crippen molar-refractivity contribution in [3.05, 3.63) is 29.2 Å². The second kappa shape index (κ2) is 10.5. The number of nitrogen functional groups attached to an aromatic ring is 1. The van der Waals surface area contributed by atoms with Crippen molar-refractivity contribution in [2.75, 3.05) is 17.2 Å². The van der Waals surface area contributed by atoms with Crippen molar-refractivity contribution in [3.63, 3.8) is 0 Å². The van der Waals surface area contributed by atoms with E-state index in [1.165, 1.54) is 33.1 Å². The number of rotatable bonds is 9. The van der Waals surface area contributed by atoms with Crippen molar-refractivity contribution in [1.29, 1.82) is 0 Å². The van der Waals surface area contributed by atoms with Crippen LogP contribution in [0.5, 0.6) is 0 Å². The Balaban J connectivity index is 1.31. The quantitative estimate of drug-likeness (QED) is 0.128. The number of amides is 2. The van der Waals surface area contributed by atoms with Crippen LogP contribution in [0.3, 0.4) is 0 Å². The van der Waals surface area contributed by atoms with Gasteiger partial charge in [-0.25, -0.2) is 4.79 Å².